The van der Waals surface area contributed by atoms with Crippen molar-refractivity contribution in [2.75, 3.05) is 13.1 Å². The third kappa shape index (κ3) is 5.12. The molecule has 1 heterocycles. The molecule has 3 N–H and O–H groups in total. The molecule has 116 valence electrons. The molecule has 5 heteroatoms. The molecule has 1 saturated heterocycles. The fourth-order valence-electron chi connectivity index (χ4n) is 3.06. The van der Waals surface area contributed by atoms with Crippen LogP contribution in [0.15, 0.2) is 0 Å². The third-order valence-electron chi connectivity index (χ3n) is 4.32. The van der Waals surface area contributed by atoms with Gasteiger partial charge in [0.1, 0.15) is 0 Å². The molecule has 0 radical (unpaired) electrons. The van der Waals surface area contributed by atoms with Gasteiger partial charge in [0.15, 0.2) is 0 Å². The fraction of sp³-hybridized carbons (Fsp3) is 0.867. The molecule has 0 saturated carbocycles. The van der Waals surface area contributed by atoms with Gasteiger partial charge in [0.2, 0.25) is 5.91 Å². The van der Waals surface area contributed by atoms with Gasteiger partial charge < -0.3 is 15.7 Å². The second kappa shape index (κ2) is 8.25. The minimum Gasteiger partial charge on any atom is -0.481 e. The molecular formula is C15H28N2O3. The summed E-state index contributed by atoms with van der Waals surface area (Å²) < 4.78 is 0. The summed E-state index contributed by atoms with van der Waals surface area (Å²) in [6.07, 6.45) is 4.11. The van der Waals surface area contributed by atoms with Crippen LogP contribution in [-0.2, 0) is 9.59 Å². The smallest absolute Gasteiger partial charge is 0.305 e. The minimum absolute atomic E-state index is 0.0716. The Kier molecular flexibility index (Phi) is 6.99. The summed E-state index contributed by atoms with van der Waals surface area (Å²) in [6, 6.07) is -0.105. The molecule has 0 aromatic rings. The molecule has 1 rings (SSSR count). The van der Waals surface area contributed by atoms with E-state index >= 15 is 0 Å². The van der Waals surface area contributed by atoms with E-state index in [9.17, 15) is 9.59 Å². The lowest BCUT2D eigenvalue weighted by molar-refractivity contribution is -0.140. The van der Waals surface area contributed by atoms with Gasteiger partial charge in [-0.25, -0.2) is 0 Å². The van der Waals surface area contributed by atoms with Crippen LogP contribution < -0.4 is 5.73 Å². The second-order valence-electron chi connectivity index (χ2n) is 6.10. The second-order valence-corrected chi connectivity index (χ2v) is 6.10. The minimum atomic E-state index is -0.821. The number of amides is 1. The van der Waals surface area contributed by atoms with E-state index in [4.69, 9.17) is 10.8 Å². The molecule has 2 atom stereocenters. The molecule has 0 spiro atoms. The lowest BCUT2D eigenvalue weighted by Gasteiger charge is -2.25. The highest BCUT2D eigenvalue weighted by Gasteiger charge is 2.30. The molecule has 1 amide bonds. The molecule has 0 aliphatic carbocycles. The van der Waals surface area contributed by atoms with Crippen LogP contribution in [0.4, 0.5) is 0 Å². The van der Waals surface area contributed by atoms with Crippen molar-refractivity contribution in [3.63, 3.8) is 0 Å². The first-order valence-electron chi connectivity index (χ1n) is 7.67. The summed E-state index contributed by atoms with van der Waals surface area (Å²) in [5, 5.41) is 8.88. The van der Waals surface area contributed by atoms with E-state index in [0.717, 1.165) is 25.7 Å². The number of carboxylic acids is 1. The van der Waals surface area contributed by atoms with E-state index in [2.05, 4.69) is 13.8 Å². The predicted octanol–water partition coefficient (Wildman–Crippen LogP) is 1.85. The number of carboxylic acid groups (broad SMARTS) is 1. The number of nitrogens with two attached hydrogens (primary N) is 1. The van der Waals surface area contributed by atoms with Crippen LogP contribution in [0.2, 0.25) is 0 Å². The molecule has 1 aliphatic heterocycles. The van der Waals surface area contributed by atoms with Crippen LogP contribution in [0.25, 0.3) is 0 Å². The van der Waals surface area contributed by atoms with Crippen molar-refractivity contribution >= 4 is 11.9 Å². The number of hydrogen-bond acceptors (Lipinski definition) is 3. The number of carbonyl (C=O) groups is 2. The zero-order chi connectivity index (χ0) is 15.1. The quantitative estimate of drug-likeness (QED) is 0.712. The summed E-state index contributed by atoms with van der Waals surface area (Å²) >= 11 is 0. The van der Waals surface area contributed by atoms with Crippen LogP contribution in [0.5, 0.6) is 0 Å². The maximum atomic E-state index is 12.3. The Balaban J connectivity index is 2.46. The van der Waals surface area contributed by atoms with E-state index in [0.29, 0.717) is 31.3 Å². The summed E-state index contributed by atoms with van der Waals surface area (Å²) in [7, 11) is 0. The molecular weight excluding hydrogens is 256 g/mol. The van der Waals surface area contributed by atoms with Gasteiger partial charge in [0.25, 0.3) is 0 Å². The Morgan fingerprint density at radius 3 is 2.60 bits per heavy atom. The standard InChI is InChI=1S/C15H28N2O3/c1-11(2)12(7-8-16)5-6-14(18)17-9-3-4-13(17)10-15(19)20/h11-13H,3-10,16H2,1-2H3,(H,19,20). The van der Waals surface area contributed by atoms with Gasteiger partial charge in [-0.2, -0.15) is 0 Å². The van der Waals surface area contributed by atoms with Gasteiger partial charge in [0.05, 0.1) is 6.42 Å². The highest BCUT2D eigenvalue weighted by Crippen LogP contribution is 2.24. The van der Waals surface area contributed by atoms with Gasteiger partial charge >= 0.3 is 5.97 Å². The van der Waals surface area contributed by atoms with Crippen molar-refractivity contribution in [1.29, 1.82) is 0 Å². The number of likely N-dealkylation sites (tertiary alicyclic amines) is 1. The third-order valence-corrected chi connectivity index (χ3v) is 4.32. The van der Waals surface area contributed by atoms with Gasteiger partial charge in [-0.15, -0.1) is 0 Å². The summed E-state index contributed by atoms with van der Waals surface area (Å²) in [4.78, 5) is 24.9. The maximum Gasteiger partial charge on any atom is 0.305 e. The molecule has 0 aromatic carbocycles. The lowest BCUT2D eigenvalue weighted by atomic mass is 9.88. The molecule has 0 bridgehead atoms. The molecule has 20 heavy (non-hydrogen) atoms. The monoisotopic (exact) mass is 284 g/mol. The van der Waals surface area contributed by atoms with E-state index in [1.165, 1.54) is 0 Å². The SMILES string of the molecule is CC(C)C(CCN)CCC(=O)N1CCCC1CC(=O)O. The predicted molar refractivity (Wildman–Crippen MR) is 78.2 cm³/mol. The van der Waals surface area contributed by atoms with Crippen LogP contribution in [0, 0.1) is 11.8 Å². The first kappa shape index (κ1) is 17.0. The van der Waals surface area contributed by atoms with E-state index in [1.807, 2.05) is 0 Å². The average Bonchev–Trinajstić information content (AvgIpc) is 2.80. The van der Waals surface area contributed by atoms with Crippen molar-refractivity contribution in [3.05, 3.63) is 0 Å². The van der Waals surface area contributed by atoms with Gasteiger partial charge in [-0.05, 0) is 44.1 Å². The Morgan fingerprint density at radius 1 is 1.35 bits per heavy atom. The van der Waals surface area contributed by atoms with Gasteiger partial charge in [-0.1, -0.05) is 13.8 Å². The Hall–Kier alpha value is -1.10. The van der Waals surface area contributed by atoms with E-state index in [-0.39, 0.29) is 18.4 Å². The summed E-state index contributed by atoms with van der Waals surface area (Å²) in [5.41, 5.74) is 5.61. The fourth-order valence-corrected chi connectivity index (χ4v) is 3.06. The average molecular weight is 284 g/mol. The van der Waals surface area contributed by atoms with Crippen LogP contribution in [0.3, 0.4) is 0 Å². The highest BCUT2D eigenvalue weighted by molar-refractivity contribution is 5.78. The Morgan fingerprint density at radius 2 is 2.05 bits per heavy atom. The summed E-state index contributed by atoms with van der Waals surface area (Å²) in [5.74, 6) is 0.290. The zero-order valence-corrected chi connectivity index (χ0v) is 12.7. The Labute approximate surface area is 121 Å². The van der Waals surface area contributed by atoms with Crippen molar-refractivity contribution in [2.24, 2.45) is 17.6 Å². The summed E-state index contributed by atoms with van der Waals surface area (Å²) in [6.45, 7) is 5.68. The lowest BCUT2D eigenvalue weighted by Crippen LogP contribution is -2.37. The normalized spacial score (nSPS) is 20.4. The van der Waals surface area contributed by atoms with Gasteiger partial charge in [-0.3, -0.25) is 9.59 Å². The Bertz CT molecular complexity index is 331. The van der Waals surface area contributed by atoms with Crippen molar-refractivity contribution in [2.45, 2.75) is 58.4 Å². The molecule has 1 fully saturated rings. The number of nitrogens with zero attached hydrogens (tertiary/aromatic N) is 1. The largest absolute Gasteiger partial charge is 0.481 e. The number of rotatable bonds is 8. The molecule has 1 aliphatic rings. The topological polar surface area (TPSA) is 83.6 Å². The van der Waals surface area contributed by atoms with Crippen LogP contribution >= 0.6 is 0 Å². The first-order chi connectivity index (χ1) is 9.45. The van der Waals surface area contributed by atoms with Crippen molar-refractivity contribution in [1.82, 2.24) is 4.90 Å². The molecule has 5 nitrogen and oxygen atoms in total. The van der Waals surface area contributed by atoms with Gasteiger partial charge in [0, 0.05) is 19.0 Å². The van der Waals surface area contributed by atoms with Crippen molar-refractivity contribution < 1.29 is 14.7 Å². The number of aliphatic carboxylic acids is 1. The maximum absolute atomic E-state index is 12.3. The first-order valence-corrected chi connectivity index (χ1v) is 7.67. The molecule has 2 unspecified atom stereocenters. The number of carbonyl (C=O) groups excluding carboxylic acids is 1. The van der Waals surface area contributed by atoms with Crippen LogP contribution in [-0.4, -0.2) is 41.0 Å². The van der Waals surface area contributed by atoms with E-state index in [1.54, 1.807) is 4.90 Å². The van der Waals surface area contributed by atoms with Crippen molar-refractivity contribution in [3.8, 4) is 0 Å². The highest BCUT2D eigenvalue weighted by atomic mass is 16.4. The molecule has 0 aromatic heterocycles. The zero-order valence-electron chi connectivity index (χ0n) is 12.7. The van der Waals surface area contributed by atoms with Crippen LogP contribution in [0.1, 0.15) is 52.4 Å². The number of hydrogen-bond donors (Lipinski definition) is 2. The van der Waals surface area contributed by atoms with E-state index < -0.39 is 5.97 Å².